The fraction of sp³-hybridized carbons (Fsp3) is 0.444. The van der Waals surface area contributed by atoms with Crippen LogP contribution in [0.5, 0.6) is 17.2 Å². The summed E-state index contributed by atoms with van der Waals surface area (Å²) in [7, 11) is -9.00. The fourth-order valence-corrected chi connectivity index (χ4v) is 13.8. The number of ketones is 3. The van der Waals surface area contributed by atoms with Crippen molar-refractivity contribution < 1.29 is 82.8 Å². The number of benzene rings is 5. The largest absolute Gasteiger partial charge is 0.507 e. The van der Waals surface area contributed by atoms with Crippen LogP contribution in [-0.4, -0.2) is 154 Å². The summed E-state index contributed by atoms with van der Waals surface area (Å²) in [5.41, 5.74) is 9.81. The molecule has 0 bridgehead atoms. The first kappa shape index (κ1) is 68.5. The number of carbonyl (C=O) groups is 3. The Morgan fingerprint density at radius 2 is 1.38 bits per heavy atom. The number of aliphatic hydroxyl groups excluding tert-OH is 1. The van der Waals surface area contributed by atoms with Gasteiger partial charge in [-0.15, -0.1) is 0 Å². The van der Waals surface area contributed by atoms with Crippen LogP contribution in [0.3, 0.4) is 0 Å². The van der Waals surface area contributed by atoms with E-state index in [1.54, 1.807) is 31.0 Å². The molecule has 4 aliphatic rings. The van der Waals surface area contributed by atoms with Crippen molar-refractivity contribution in [3.05, 3.63) is 157 Å². The highest BCUT2D eigenvalue weighted by molar-refractivity contribution is 14.1. The number of allylic oxidation sites excluding steroid dienone is 1. The Balaban J connectivity index is 0.000000194. The molecule has 466 valence electrons. The first-order chi connectivity index (χ1) is 40.6. The Hall–Kier alpha value is -5.04. The number of ether oxygens (including phenoxy) is 3. The molecule has 6 atom stereocenters. The van der Waals surface area contributed by atoms with E-state index >= 15 is 0 Å². The molecule has 0 spiro atoms. The second kappa shape index (κ2) is 29.5. The summed E-state index contributed by atoms with van der Waals surface area (Å²) in [6.07, 6.45) is 1.43. The van der Waals surface area contributed by atoms with Crippen LogP contribution in [0.1, 0.15) is 151 Å². The number of Topliss-reactive ketones (excluding diaryl/α,β-unsaturated/α-hetero) is 1. The van der Waals surface area contributed by atoms with Gasteiger partial charge in [0, 0.05) is 70.6 Å². The zero-order chi connectivity index (χ0) is 62.9. The molecular weight excluding hydrogens is 1260 g/mol. The monoisotopic (exact) mass is 1340 g/mol. The number of likely N-dealkylation sites (tertiary alicyclic amines) is 1. The van der Waals surface area contributed by atoms with E-state index in [4.69, 9.17) is 39.5 Å². The lowest BCUT2D eigenvalue weighted by molar-refractivity contribution is -0.247. The van der Waals surface area contributed by atoms with Gasteiger partial charge in [0.25, 0.3) is 5.08 Å². The normalized spacial score (nSPS) is 21.7. The maximum atomic E-state index is 13.3. The number of aliphatic hydroxyl groups is 3. The summed E-state index contributed by atoms with van der Waals surface area (Å²) >= 11 is 2.37. The van der Waals surface area contributed by atoms with Gasteiger partial charge in [0.15, 0.2) is 23.6 Å². The predicted octanol–water partition coefficient (Wildman–Crippen LogP) is 8.66. The van der Waals surface area contributed by atoms with Gasteiger partial charge in [-0.2, -0.15) is 0 Å². The Labute approximate surface area is 515 Å². The number of hydrogen-bond donors (Lipinski definition) is 10. The topological polar surface area (TPSA) is 328 Å². The number of halogens is 1. The van der Waals surface area contributed by atoms with Crippen LogP contribution in [0.25, 0.3) is 11.1 Å². The molecule has 0 amide bonds. The average Bonchev–Trinajstić information content (AvgIpc) is 0.760. The Morgan fingerprint density at radius 1 is 0.826 bits per heavy atom. The van der Waals surface area contributed by atoms with Crippen molar-refractivity contribution in [2.75, 3.05) is 46.4 Å². The molecule has 86 heavy (non-hydrogen) atoms. The molecule has 5 aromatic carbocycles. The molecule has 2 heterocycles. The van der Waals surface area contributed by atoms with E-state index in [0.29, 0.717) is 6.54 Å². The molecular formula is C63H80IN3O17P2. The van der Waals surface area contributed by atoms with Crippen LogP contribution < -0.4 is 10.5 Å². The number of hydrogen-bond acceptors (Lipinski definition) is 16. The van der Waals surface area contributed by atoms with Gasteiger partial charge in [-0.1, -0.05) is 106 Å². The first-order valence-electron chi connectivity index (χ1n) is 28.9. The molecule has 9 rings (SSSR count). The number of rotatable bonds is 20. The third-order valence-corrected chi connectivity index (χ3v) is 20.9. The number of carbonyl (C=O) groups excluding carboxylic acids is 3. The predicted molar refractivity (Wildman–Crippen MR) is 334 cm³/mol. The number of nitrogens with zero attached hydrogens (tertiary/aromatic N) is 2. The number of aromatic hydroxyl groups is 2. The zero-order valence-electron chi connectivity index (χ0n) is 49.1. The number of phenols is 2. The summed E-state index contributed by atoms with van der Waals surface area (Å²) in [5, 5.41) is 50.2. The molecule has 2 fully saturated rings. The summed E-state index contributed by atoms with van der Waals surface area (Å²) in [5.74, 6) is -2.11. The zero-order valence-corrected chi connectivity index (χ0v) is 53.0. The molecule has 2 aliphatic carbocycles. The highest BCUT2D eigenvalue weighted by Gasteiger charge is 2.59. The van der Waals surface area contributed by atoms with Gasteiger partial charge in [-0.25, -0.2) is 0 Å². The lowest BCUT2D eigenvalue weighted by Crippen LogP contribution is -2.52. The van der Waals surface area contributed by atoms with Crippen LogP contribution in [0.4, 0.5) is 0 Å². The quantitative estimate of drug-likeness (QED) is 0.0112. The first-order valence-corrected chi connectivity index (χ1v) is 33.2. The third-order valence-electron chi connectivity index (χ3n) is 16.3. The van der Waals surface area contributed by atoms with Crippen molar-refractivity contribution in [3.63, 3.8) is 0 Å². The third kappa shape index (κ3) is 15.9. The van der Waals surface area contributed by atoms with Crippen LogP contribution in [-0.2, 0) is 29.8 Å². The molecule has 2 saturated heterocycles. The van der Waals surface area contributed by atoms with E-state index in [1.807, 2.05) is 6.92 Å². The Morgan fingerprint density at radius 3 is 1.92 bits per heavy atom. The molecule has 0 aromatic heterocycles. The second-order valence-electron chi connectivity index (χ2n) is 22.4. The van der Waals surface area contributed by atoms with Crippen molar-refractivity contribution in [2.24, 2.45) is 5.73 Å². The molecule has 2 aliphatic heterocycles. The van der Waals surface area contributed by atoms with Gasteiger partial charge >= 0.3 is 15.2 Å². The van der Waals surface area contributed by atoms with E-state index in [9.17, 15) is 49.0 Å². The minimum atomic E-state index is -5.33. The van der Waals surface area contributed by atoms with Crippen LogP contribution in [0.15, 0.2) is 103 Å². The molecule has 5 aromatic rings. The average molecular weight is 1340 g/mol. The Kier molecular flexibility index (Phi) is 23.5. The molecule has 11 N–H and O–H groups in total. The second-order valence-corrected chi connectivity index (χ2v) is 27.7. The standard InChI is InChI=1S/C28H30INO.C26H27NO9.C9H23NO7P2/c1-2-27(22-8-4-3-5-9-22)28(23-10-14-25(29)15-11-23)24-12-16-26(17-13-24)31-21-20-30-18-6-7-19-30;1-10-21(29)15(27)7-17(35-10)36-16-9-26(34,11(2)28)8-14-18(16)25(33)20-19(24(14)32)22(30)12-5-3-4-6-13(12)23(20)31;1-3-4-5-7-10(2)8-6-9(11,18(12,13)14)19(15,16)17/h3-5,8-17H,2,6-7,18-21H2,1H3;3-6,10,15-17,21,29,32-34H,7-9,27H2,1-2H3;11H,3-8H2,1-2H3,(H2,12,13,14)(H2,15,16,17)/b28-27-;;/t;10-,15-,16-,17-,21+,26-;/m.0./s1. The maximum absolute atomic E-state index is 13.3. The Bertz CT molecular complexity index is 3280. The maximum Gasteiger partial charge on any atom is 0.369 e. The minimum absolute atomic E-state index is 0.00588. The summed E-state index contributed by atoms with van der Waals surface area (Å²) in [6, 6.07) is 33.6. The number of nitrogens with two attached hydrogens (primary N) is 1. The molecule has 0 radical (unpaired) electrons. The molecule has 23 heteroatoms. The van der Waals surface area contributed by atoms with E-state index < -0.39 is 98.2 Å². The van der Waals surface area contributed by atoms with Crippen LogP contribution >= 0.6 is 37.8 Å². The molecule has 0 unspecified atom stereocenters. The number of fused-ring (bicyclic) bond motifs is 3. The fourth-order valence-electron chi connectivity index (χ4n) is 11.3. The summed E-state index contributed by atoms with van der Waals surface area (Å²) in [6.45, 7) is 11.9. The summed E-state index contributed by atoms with van der Waals surface area (Å²) in [4.78, 5) is 79.0. The molecule has 0 saturated carbocycles. The van der Waals surface area contributed by atoms with E-state index in [0.717, 1.165) is 44.6 Å². The van der Waals surface area contributed by atoms with E-state index in [-0.39, 0.29) is 52.8 Å². The SMILES string of the molecule is CC(=O)[C@]1(O)Cc2c(O)c3c(c(O)c2[C@@H](O[C@H]2C[C@H](N)[C@H](O)[C@H](C)O2)C1)C(=O)c1ccccc1C3=O.CC/C(=C(\c1ccc(I)cc1)c1ccc(OCCN2CCCC2)cc1)c1ccccc1.CCCCCN(C)CCC(O)(P(=O)(O)O)P(=O)(O)O. The van der Waals surface area contributed by atoms with Crippen molar-refractivity contribution in [1.29, 1.82) is 0 Å². The highest BCUT2D eigenvalue weighted by Crippen LogP contribution is 2.69. The van der Waals surface area contributed by atoms with Gasteiger partial charge in [0.05, 0.1) is 29.4 Å². The van der Waals surface area contributed by atoms with Gasteiger partial charge in [-0.3, -0.25) is 28.4 Å². The van der Waals surface area contributed by atoms with E-state index in [2.05, 4.69) is 113 Å². The van der Waals surface area contributed by atoms with Crippen LogP contribution in [0.2, 0.25) is 0 Å². The van der Waals surface area contributed by atoms with Crippen molar-refractivity contribution in [3.8, 4) is 17.2 Å². The minimum Gasteiger partial charge on any atom is -0.507 e. The smallest absolute Gasteiger partial charge is 0.369 e. The van der Waals surface area contributed by atoms with Gasteiger partial charge in [0.2, 0.25) is 0 Å². The van der Waals surface area contributed by atoms with Crippen LogP contribution in [0, 0.1) is 3.57 Å². The lowest BCUT2D eigenvalue weighted by Gasteiger charge is -2.42. The number of phenolic OH excluding ortho intramolecular Hbond substituents is 2. The number of unbranched alkanes of at least 4 members (excludes halogenated alkanes) is 2. The van der Waals surface area contributed by atoms with Gasteiger partial charge in [-0.05, 0) is 141 Å². The lowest BCUT2D eigenvalue weighted by atomic mass is 9.72. The molecule has 20 nitrogen and oxygen atoms in total. The van der Waals surface area contributed by atoms with Crippen molar-refractivity contribution in [1.82, 2.24) is 9.80 Å². The van der Waals surface area contributed by atoms with E-state index in [1.165, 1.54) is 76.4 Å². The highest BCUT2D eigenvalue weighted by atomic mass is 127. The van der Waals surface area contributed by atoms with Gasteiger partial charge < -0.3 is 70.0 Å². The van der Waals surface area contributed by atoms with Crippen molar-refractivity contribution in [2.45, 2.75) is 133 Å². The summed E-state index contributed by atoms with van der Waals surface area (Å²) < 4.78 is 41.3. The van der Waals surface area contributed by atoms with Gasteiger partial charge in [0.1, 0.15) is 29.5 Å². The van der Waals surface area contributed by atoms with Crippen molar-refractivity contribution >= 4 is 66.3 Å².